The predicted molar refractivity (Wildman–Crippen MR) is 56.0 cm³/mol. The van der Waals surface area contributed by atoms with Gasteiger partial charge in [-0.05, 0) is 5.56 Å². The molecule has 0 aliphatic heterocycles. The number of carboxylic acid groups (broad SMARTS) is 2. The first-order valence-corrected chi connectivity index (χ1v) is 4.55. The Kier molecular flexibility index (Phi) is 3.84. The second-order valence-corrected chi connectivity index (χ2v) is 3.20. The fourth-order valence-corrected chi connectivity index (χ4v) is 1.32. The Morgan fingerprint density at radius 1 is 1.19 bits per heavy atom. The summed E-state index contributed by atoms with van der Waals surface area (Å²) in [5.41, 5.74) is 5.93. The van der Waals surface area contributed by atoms with E-state index in [9.17, 15) is 9.59 Å². The highest BCUT2D eigenvalue weighted by atomic mass is 16.4. The molecule has 1 unspecified atom stereocenters. The minimum absolute atomic E-state index is 0.514. The number of carboxylic acids is 1. The van der Waals surface area contributed by atoms with Gasteiger partial charge in [-0.3, -0.25) is 4.79 Å². The van der Waals surface area contributed by atoms with Crippen molar-refractivity contribution in [2.75, 3.05) is 0 Å². The smallest absolute Gasteiger partial charge is 0.405 e. The lowest BCUT2D eigenvalue weighted by Gasteiger charge is -2.20. The van der Waals surface area contributed by atoms with Crippen LogP contribution in [0.3, 0.4) is 0 Å². The zero-order valence-electron chi connectivity index (χ0n) is 8.33. The number of aliphatic carboxylic acids is 1. The first kappa shape index (κ1) is 12.0. The first-order valence-electron chi connectivity index (χ1n) is 4.55. The molecule has 0 fully saturated rings. The minimum atomic E-state index is -1.32. The van der Waals surface area contributed by atoms with Gasteiger partial charge in [-0.2, -0.15) is 0 Å². The third-order valence-corrected chi connectivity index (χ3v) is 2.08. The fraction of sp³-hybridized carbons (Fsp3) is 0.200. The van der Waals surface area contributed by atoms with Crippen LogP contribution in [0.5, 0.6) is 0 Å². The van der Waals surface area contributed by atoms with Gasteiger partial charge in [0.05, 0.1) is 6.04 Å². The van der Waals surface area contributed by atoms with Gasteiger partial charge in [-0.1, -0.05) is 30.3 Å². The van der Waals surface area contributed by atoms with Gasteiger partial charge in [-0.15, -0.1) is 0 Å². The summed E-state index contributed by atoms with van der Waals surface area (Å²) in [6, 6.07) is 6.05. The molecule has 16 heavy (non-hydrogen) atoms. The molecule has 6 nitrogen and oxygen atoms in total. The van der Waals surface area contributed by atoms with Gasteiger partial charge < -0.3 is 21.3 Å². The molecule has 0 radical (unpaired) electrons. The van der Waals surface area contributed by atoms with E-state index in [2.05, 4.69) is 5.32 Å². The van der Waals surface area contributed by atoms with Crippen molar-refractivity contribution in [3.05, 3.63) is 35.9 Å². The van der Waals surface area contributed by atoms with E-state index < -0.39 is 24.1 Å². The predicted octanol–water partition coefficient (Wildman–Crippen LogP) is 0.407. The number of hydrogen-bond donors (Lipinski definition) is 4. The lowest BCUT2D eigenvalue weighted by Crippen LogP contribution is -2.45. The third kappa shape index (κ3) is 2.96. The van der Waals surface area contributed by atoms with E-state index in [1.807, 2.05) is 0 Å². The molecule has 5 N–H and O–H groups in total. The van der Waals surface area contributed by atoms with Crippen molar-refractivity contribution in [2.45, 2.75) is 12.1 Å². The van der Waals surface area contributed by atoms with Crippen LogP contribution in [0.2, 0.25) is 0 Å². The van der Waals surface area contributed by atoms with Crippen molar-refractivity contribution in [2.24, 2.45) is 5.73 Å². The van der Waals surface area contributed by atoms with Crippen LogP contribution in [0, 0.1) is 0 Å². The standard InChI is InChI=1S/C10H12N2O4/c11-7(9(13)14)8(12-10(15)16)6-4-2-1-3-5-6/h1-5,7-8,12H,11H2,(H,13,14)(H,15,16)/t7-,8?/m0/s1. The van der Waals surface area contributed by atoms with Gasteiger partial charge in [0, 0.05) is 0 Å². The topological polar surface area (TPSA) is 113 Å². The molecule has 6 heteroatoms. The fourth-order valence-electron chi connectivity index (χ4n) is 1.32. The first-order chi connectivity index (χ1) is 7.52. The highest BCUT2D eigenvalue weighted by Crippen LogP contribution is 2.15. The summed E-state index contributed by atoms with van der Waals surface area (Å²) in [5, 5.41) is 19.5. The highest BCUT2D eigenvalue weighted by molar-refractivity contribution is 5.76. The molecule has 0 aliphatic rings. The normalized spacial score (nSPS) is 13.8. The molecule has 1 rings (SSSR count). The van der Waals surface area contributed by atoms with E-state index in [-0.39, 0.29) is 0 Å². The zero-order chi connectivity index (χ0) is 12.1. The molecule has 1 aromatic carbocycles. The largest absolute Gasteiger partial charge is 0.480 e. The van der Waals surface area contributed by atoms with E-state index in [1.165, 1.54) is 0 Å². The van der Waals surface area contributed by atoms with E-state index in [0.29, 0.717) is 5.56 Å². The summed E-state index contributed by atoms with van der Waals surface area (Å²) in [5.74, 6) is -1.26. The van der Waals surface area contributed by atoms with E-state index >= 15 is 0 Å². The summed E-state index contributed by atoms with van der Waals surface area (Å²) in [4.78, 5) is 21.3. The minimum Gasteiger partial charge on any atom is -0.480 e. The van der Waals surface area contributed by atoms with Crippen LogP contribution in [0.4, 0.5) is 4.79 Å². The summed E-state index contributed by atoms with van der Waals surface area (Å²) in [6.07, 6.45) is -1.31. The number of benzene rings is 1. The SMILES string of the molecule is N[C@H](C(=O)O)C(NC(=O)O)c1ccccc1. The Labute approximate surface area is 91.7 Å². The number of carbonyl (C=O) groups is 2. The molecule has 0 aliphatic carbocycles. The average Bonchev–Trinajstić information content (AvgIpc) is 2.26. The molecule has 86 valence electrons. The molecule has 0 saturated heterocycles. The molecule has 1 aromatic rings. The molecule has 0 spiro atoms. The maximum atomic E-state index is 10.7. The van der Waals surface area contributed by atoms with Crippen molar-refractivity contribution in [1.82, 2.24) is 5.32 Å². The number of hydrogen-bond acceptors (Lipinski definition) is 3. The molecule has 2 atom stereocenters. The van der Waals surface area contributed by atoms with Crippen LogP contribution in [-0.2, 0) is 4.79 Å². The summed E-state index contributed by atoms with van der Waals surface area (Å²) < 4.78 is 0. The molecule has 0 bridgehead atoms. The monoisotopic (exact) mass is 224 g/mol. The van der Waals surface area contributed by atoms with E-state index in [1.54, 1.807) is 30.3 Å². The highest BCUT2D eigenvalue weighted by Gasteiger charge is 2.27. The van der Waals surface area contributed by atoms with Gasteiger partial charge in [-0.25, -0.2) is 4.79 Å². The van der Waals surface area contributed by atoms with Gasteiger partial charge in [0.25, 0.3) is 0 Å². The van der Waals surface area contributed by atoms with Crippen molar-refractivity contribution >= 4 is 12.1 Å². The lowest BCUT2D eigenvalue weighted by molar-refractivity contribution is -0.139. The molecule has 0 saturated carbocycles. The van der Waals surface area contributed by atoms with Crippen LogP contribution in [0.1, 0.15) is 11.6 Å². The Bertz CT molecular complexity index is 380. The maximum Gasteiger partial charge on any atom is 0.405 e. The van der Waals surface area contributed by atoms with Crippen molar-refractivity contribution in [3.63, 3.8) is 0 Å². The summed E-state index contributed by atoms with van der Waals surface area (Å²) in [6.45, 7) is 0. The molecular weight excluding hydrogens is 212 g/mol. The number of rotatable bonds is 4. The summed E-state index contributed by atoms with van der Waals surface area (Å²) >= 11 is 0. The number of amides is 1. The Morgan fingerprint density at radius 2 is 1.75 bits per heavy atom. The Balaban J connectivity index is 2.96. The van der Waals surface area contributed by atoms with Crippen LogP contribution in [-0.4, -0.2) is 28.3 Å². The second-order valence-electron chi connectivity index (χ2n) is 3.20. The number of nitrogens with one attached hydrogen (secondary N) is 1. The maximum absolute atomic E-state index is 10.7. The van der Waals surface area contributed by atoms with Crippen LogP contribution >= 0.6 is 0 Å². The van der Waals surface area contributed by atoms with Crippen LogP contribution in [0.25, 0.3) is 0 Å². The van der Waals surface area contributed by atoms with Crippen molar-refractivity contribution in [1.29, 1.82) is 0 Å². The molecule has 0 heterocycles. The Hall–Kier alpha value is -2.08. The van der Waals surface area contributed by atoms with Crippen LogP contribution < -0.4 is 11.1 Å². The third-order valence-electron chi connectivity index (χ3n) is 2.08. The van der Waals surface area contributed by atoms with E-state index in [4.69, 9.17) is 15.9 Å². The van der Waals surface area contributed by atoms with Gasteiger partial charge in [0.15, 0.2) is 0 Å². The lowest BCUT2D eigenvalue weighted by atomic mass is 10.0. The molecular formula is C10H12N2O4. The number of nitrogens with two attached hydrogens (primary N) is 1. The van der Waals surface area contributed by atoms with Gasteiger partial charge in [0.1, 0.15) is 6.04 Å². The van der Waals surface area contributed by atoms with Gasteiger partial charge >= 0.3 is 12.1 Å². The average molecular weight is 224 g/mol. The van der Waals surface area contributed by atoms with E-state index in [0.717, 1.165) is 0 Å². The van der Waals surface area contributed by atoms with Crippen LogP contribution in [0.15, 0.2) is 30.3 Å². The Morgan fingerprint density at radius 3 is 2.19 bits per heavy atom. The van der Waals surface area contributed by atoms with Gasteiger partial charge in [0.2, 0.25) is 0 Å². The molecule has 0 aromatic heterocycles. The quantitative estimate of drug-likeness (QED) is 0.591. The van der Waals surface area contributed by atoms with Crippen molar-refractivity contribution in [3.8, 4) is 0 Å². The molecule has 1 amide bonds. The second kappa shape index (κ2) is 5.13. The van der Waals surface area contributed by atoms with Crippen molar-refractivity contribution < 1.29 is 19.8 Å². The zero-order valence-corrected chi connectivity index (χ0v) is 8.33. The summed E-state index contributed by atoms with van der Waals surface area (Å²) in [7, 11) is 0.